The predicted molar refractivity (Wildman–Crippen MR) is 124 cm³/mol. The van der Waals surface area contributed by atoms with E-state index in [9.17, 15) is 35.5 Å². The van der Waals surface area contributed by atoms with Crippen molar-refractivity contribution in [1.29, 1.82) is 0 Å². The zero-order chi connectivity index (χ0) is 27.8. The van der Waals surface area contributed by atoms with Crippen molar-refractivity contribution in [3.63, 3.8) is 0 Å². The molecule has 0 unspecified atom stereocenters. The van der Waals surface area contributed by atoms with Crippen molar-refractivity contribution in [1.82, 2.24) is 0 Å². The highest BCUT2D eigenvalue weighted by Crippen LogP contribution is 2.30. The van der Waals surface area contributed by atoms with Crippen LogP contribution >= 0.6 is 0 Å². The molecule has 0 heterocycles. The van der Waals surface area contributed by atoms with Crippen LogP contribution in [0.15, 0.2) is 36.4 Å². The maximum absolute atomic E-state index is 14.4. The van der Waals surface area contributed by atoms with Gasteiger partial charge in [-0.2, -0.15) is 8.78 Å². The zero-order valence-electron chi connectivity index (χ0n) is 20.1. The molecule has 200 valence electrons. The number of halogens is 7. The molecule has 0 aliphatic heterocycles. The topological polar surface area (TPSA) is 35.5 Å². The van der Waals surface area contributed by atoms with Crippen LogP contribution < -0.4 is 9.47 Å². The molecule has 0 bridgehead atoms. The number of carbonyl (C=O) groups excluding carboxylic acids is 1. The molecular formula is C28H21F7O3. The van der Waals surface area contributed by atoms with Gasteiger partial charge >= 0.3 is 5.97 Å². The Morgan fingerprint density at radius 2 is 1.32 bits per heavy atom. The van der Waals surface area contributed by atoms with E-state index < -0.39 is 63.6 Å². The standard InChI is InChI=1S/C28H21F7O3/c1-2-3-4-5-6-13-37-27-25(34)22(31)19(23(32)26(27)35)12-9-16-7-10-18(11-8-16)38-28(36)17-14-20(29)24(33)21(30)15-17/h7-8,10-11,14-15H,2-6,13H2,1H3. The van der Waals surface area contributed by atoms with Crippen LogP contribution in [0.3, 0.4) is 0 Å². The Balaban J connectivity index is 1.71. The van der Waals surface area contributed by atoms with Crippen LogP contribution in [-0.2, 0) is 0 Å². The average Bonchev–Trinajstić information content (AvgIpc) is 2.90. The lowest BCUT2D eigenvalue weighted by Crippen LogP contribution is -2.10. The fraction of sp³-hybridized carbons (Fsp3) is 0.250. The molecule has 0 aromatic heterocycles. The van der Waals surface area contributed by atoms with E-state index in [1.54, 1.807) is 0 Å². The number of carbonyl (C=O) groups is 1. The molecule has 0 radical (unpaired) electrons. The molecule has 0 spiro atoms. The van der Waals surface area contributed by atoms with Gasteiger partial charge in [-0.25, -0.2) is 26.7 Å². The van der Waals surface area contributed by atoms with Crippen LogP contribution in [0.1, 0.15) is 60.5 Å². The summed E-state index contributed by atoms with van der Waals surface area (Å²) in [7, 11) is 0. The second-order valence-electron chi connectivity index (χ2n) is 8.14. The van der Waals surface area contributed by atoms with Crippen molar-refractivity contribution in [2.24, 2.45) is 0 Å². The first-order valence-corrected chi connectivity index (χ1v) is 11.6. The highest BCUT2D eigenvalue weighted by atomic mass is 19.2. The summed E-state index contributed by atoms with van der Waals surface area (Å²) in [6.45, 7) is 1.92. The number of hydrogen-bond donors (Lipinski definition) is 0. The molecule has 0 atom stereocenters. The molecule has 0 saturated carbocycles. The van der Waals surface area contributed by atoms with Crippen molar-refractivity contribution in [2.75, 3.05) is 6.61 Å². The van der Waals surface area contributed by atoms with E-state index >= 15 is 0 Å². The summed E-state index contributed by atoms with van der Waals surface area (Å²) in [6, 6.07) is 5.82. The Bertz CT molecular complexity index is 1320. The van der Waals surface area contributed by atoms with Gasteiger partial charge in [0.05, 0.1) is 12.2 Å². The van der Waals surface area contributed by atoms with Gasteiger partial charge in [-0.3, -0.25) is 0 Å². The minimum Gasteiger partial charge on any atom is -0.487 e. The van der Waals surface area contributed by atoms with Gasteiger partial charge < -0.3 is 9.47 Å². The summed E-state index contributed by atoms with van der Waals surface area (Å²) in [6.07, 6.45) is 4.10. The van der Waals surface area contributed by atoms with Crippen LogP contribution in [-0.4, -0.2) is 12.6 Å². The maximum Gasteiger partial charge on any atom is 0.343 e. The van der Waals surface area contributed by atoms with Crippen molar-refractivity contribution in [3.05, 3.63) is 93.8 Å². The van der Waals surface area contributed by atoms with Gasteiger partial charge in [-0.15, -0.1) is 0 Å². The zero-order valence-corrected chi connectivity index (χ0v) is 20.1. The Kier molecular flexibility index (Phi) is 9.77. The van der Waals surface area contributed by atoms with Crippen LogP contribution in [0.2, 0.25) is 0 Å². The van der Waals surface area contributed by atoms with Crippen LogP contribution in [0.5, 0.6) is 11.5 Å². The van der Waals surface area contributed by atoms with Gasteiger partial charge in [-0.1, -0.05) is 44.4 Å². The van der Waals surface area contributed by atoms with Crippen molar-refractivity contribution in [3.8, 4) is 23.3 Å². The van der Waals surface area contributed by atoms with Gasteiger partial charge in [0.15, 0.2) is 34.8 Å². The number of ether oxygens (including phenoxy) is 2. The third-order valence-corrected chi connectivity index (χ3v) is 5.33. The summed E-state index contributed by atoms with van der Waals surface area (Å²) >= 11 is 0. The second kappa shape index (κ2) is 13.0. The summed E-state index contributed by atoms with van der Waals surface area (Å²) in [4.78, 5) is 12.0. The van der Waals surface area contributed by atoms with E-state index in [0.717, 1.165) is 25.7 Å². The summed E-state index contributed by atoms with van der Waals surface area (Å²) < 4.78 is 107. The number of esters is 1. The SMILES string of the molecule is CCCCCCCOc1c(F)c(F)c(C#Cc2ccc(OC(=O)c3cc(F)c(F)c(F)c3)cc2)c(F)c1F. The number of hydrogen-bond acceptors (Lipinski definition) is 3. The average molecular weight is 538 g/mol. The van der Waals surface area contributed by atoms with E-state index in [2.05, 4.69) is 5.92 Å². The molecule has 3 aromatic rings. The normalized spacial score (nSPS) is 10.6. The third kappa shape index (κ3) is 6.85. The molecule has 3 aromatic carbocycles. The van der Waals surface area contributed by atoms with E-state index in [1.807, 2.05) is 12.8 Å². The highest BCUT2D eigenvalue weighted by molar-refractivity contribution is 5.91. The first-order chi connectivity index (χ1) is 18.1. The van der Waals surface area contributed by atoms with E-state index in [-0.39, 0.29) is 17.9 Å². The van der Waals surface area contributed by atoms with Crippen molar-refractivity contribution >= 4 is 5.97 Å². The fourth-order valence-corrected chi connectivity index (χ4v) is 3.31. The minimum atomic E-state index is -1.74. The quantitative estimate of drug-likeness (QED) is 0.0535. The summed E-state index contributed by atoms with van der Waals surface area (Å²) in [5, 5.41) is 0. The summed E-state index contributed by atoms with van der Waals surface area (Å²) in [5.74, 6) is -9.74. The van der Waals surface area contributed by atoms with Crippen LogP contribution in [0.4, 0.5) is 30.7 Å². The second-order valence-corrected chi connectivity index (χ2v) is 8.14. The van der Waals surface area contributed by atoms with Crippen molar-refractivity contribution < 1.29 is 45.0 Å². The Labute approximate surface area is 214 Å². The van der Waals surface area contributed by atoms with Crippen LogP contribution in [0.25, 0.3) is 0 Å². The van der Waals surface area contributed by atoms with E-state index in [1.165, 1.54) is 24.3 Å². The Hall–Kier alpha value is -4.00. The molecule has 0 saturated heterocycles. The van der Waals surface area contributed by atoms with E-state index in [0.29, 0.717) is 18.6 Å². The molecule has 3 rings (SSSR count). The monoisotopic (exact) mass is 538 g/mol. The lowest BCUT2D eigenvalue weighted by molar-refractivity contribution is 0.0733. The molecule has 0 aliphatic carbocycles. The Morgan fingerprint density at radius 1 is 0.737 bits per heavy atom. The van der Waals surface area contributed by atoms with Crippen molar-refractivity contribution in [2.45, 2.75) is 39.0 Å². The number of unbranched alkanes of at least 4 members (excludes halogenated alkanes) is 4. The molecule has 0 N–H and O–H groups in total. The first kappa shape index (κ1) is 28.6. The van der Waals surface area contributed by atoms with Crippen LogP contribution in [0, 0.1) is 52.6 Å². The largest absolute Gasteiger partial charge is 0.487 e. The third-order valence-electron chi connectivity index (χ3n) is 5.33. The fourth-order valence-electron chi connectivity index (χ4n) is 3.31. The first-order valence-electron chi connectivity index (χ1n) is 11.6. The molecular weight excluding hydrogens is 517 g/mol. The van der Waals surface area contributed by atoms with E-state index in [4.69, 9.17) is 9.47 Å². The lowest BCUT2D eigenvalue weighted by Gasteiger charge is -2.11. The molecule has 0 fully saturated rings. The molecule has 0 aliphatic rings. The maximum atomic E-state index is 14.4. The van der Waals surface area contributed by atoms with Gasteiger partial charge in [0.25, 0.3) is 0 Å². The lowest BCUT2D eigenvalue weighted by atomic mass is 10.1. The summed E-state index contributed by atoms with van der Waals surface area (Å²) in [5.41, 5.74) is -1.59. The van der Waals surface area contributed by atoms with Gasteiger partial charge in [-0.05, 0) is 42.8 Å². The predicted octanol–water partition coefficient (Wildman–Crippen LogP) is 7.63. The molecule has 10 heteroatoms. The highest BCUT2D eigenvalue weighted by Gasteiger charge is 2.26. The molecule has 3 nitrogen and oxygen atoms in total. The van der Waals surface area contributed by atoms with Gasteiger partial charge in [0, 0.05) is 5.56 Å². The number of benzene rings is 3. The van der Waals surface area contributed by atoms with Gasteiger partial charge in [0.2, 0.25) is 11.6 Å². The Morgan fingerprint density at radius 3 is 1.89 bits per heavy atom. The minimum absolute atomic E-state index is 0.101. The number of rotatable bonds is 9. The molecule has 38 heavy (non-hydrogen) atoms. The van der Waals surface area contributed by atoms with Gasteiger partial charge in [0.1, 0.15) is 11.3 Å². The smallest absolute Gasteiger partial charge is 0.343 e. The molecule has 0 amide bonds.